The Balaban J connectivity index is 1.98. The third-order valence-corrected chi connectivity index (χ3v) is 2.55. The molecule has 0 bridgehead atoms. The van der Waals surface area contributed by atoms with Gasteiger partial charge in [-0.1, -0.05) is 0 Å². The second-order valence-corrected chi connectivity index (χ2v) is 4.16. The summed E-state index contributed by atoms with van der Waals surface area (Å²) >= 11 is 0. The van der Waals surface area contributed by atoms with Gasteiger partial charge in [-0.3, -0.25) is 0 Å². The zero-order valence-electron chi connectivity index (χ0n) is 8.87. The smallest absolute Gasteiger partial charge is 0.0809 e. The van der Waals surface area contributed by atoms with E-state index in [1.54, 1.807) is 6.92 Å². The lowest BCUT2D eigenvalue weighted by Crippen LogP contribution is -2.35. The molecule has 0 aromatic heterocycles. The second kappa shape index (κ2) is 5.66. The van der Waals surface area contributed by atoms with Crippen molar-refractivity contribution in [1.82, 2.24) is 0 Å². The van der Waals surface area contributed by atoms with Crippen LogP contribution in [0.4, 0.5) is 0 Å². The lowest BCUT2D eigenvalue weighted by molar-refractivity contribution is -0.0134. The lowest BCUT2D eigenvalue weighted by atomic mass is 10.0. The number of rotatable bonds is 6. The molecule has 0 saturated carbocycles. The van der Waals surface area contributed by atoms with Crippen LogP contribution in [0.1, 0.15) is 26.2 Å². The van der Waals surface area contributed by atoms with Gasteiger partial charge in [0, 0.05) is 26.2 Å². The van der Waals surface area contributed by atoms with Crippen molar-refractivity contribution in [2.24, 2.45) is 5.73 Å². The quantitative estimate of drug-likeness (QED) is 0.609. The van der Waals surface area contributed by atoms with E-state index in [4.69, 9.17) is 15.2 Å². The fourth-order valence-corrected chi connectivity index (χ4v) is 1.38. The zero-order valence-corrected chi connectivity index (χ0v) is 8.87. The van der Waals surface area contributed by atoms with E-state index in [9.17, 15) is 5.11 Å². The van der Waals surface area contributed by atoms with Crippen molar-refractivity contribution < 1.29 is 14.6 Å². The molecule has 0 amide bonds. The summed E-state index contributed by atoms with van der Waals surface area (Å²) in [5.74, 6) is 0. The molecule has 2 atom stereocenters. The third-order valence-electron chi connectivity index (χ3n) is 2.55. The van der Waals surface area contributed by atoms with Crippen LogP contribution in [0.3, 0.4) is 0 Å². The molecule has 1 fully saturated rings. The van der Waals surface area contributed by atoms with E-state index in [-0.39, 0.29) is 12.6 Å². The Morgan fingerprint density at radius 1 is 1.64 bits per heavy atom. The molecule has 1 aliphatic rings. The average molecular weight is 203 g/mol. The average Bonchev–Trinajstić information content (AvgIpc) is 2.65. The zero-order chi connectivity index (χ0) is 10.4. The van der Waals surface area contributed by atoms with Crippen molar-refractivity contribution >= 4 is 0 Å². The van der Waals surface area contributed by atoms with Gasteiger partial charge in [-0.15, -0.1) is 0 Å². The predicted octanol–water partition coefficient (Wildman–Crippen LogP) is 0.282. The van der Waals surface area contributed by atoms with Gasteiger partial charge in [0.1, 0.15) is 0 Å². The maximum atomic E-state index is 9.58. The molecule has 3 N–H and O–H groups in total. The summed E-state index contributed by atoms with van der Waals surface area (Å²) in [5.41, 5.74) is 4.59. The Kier molecular flexibility index (Phi) is 4.81. The first-order valence-corrected chi connectivity index (χ1v) is 5.26. The van der Waals surface area contributed by atoms with Crippen LogP contribution in [0, 0.1) is 0 Å². The van der Waals surface area contributed by atoms with E-state index >= 15 is 0 Å². The van der Waals surface area contributed by atoms with Crippen LogP contribution in [0.25, 0.3) is 0 Å². The summed E-state index contributed by atoms with van der Waals surface area (Å²) in [7, 11) is 0. The molecule has 84 valence electrons. The van der Waals surface area contributed by atoms with Crippen LogP contribution >= 0.6 is 0 Å². The summed E-state index contributed by atoms with van der Waals surface area (Å²) in [5, 5.41) is 9.58. The molecular weight excluding hydrogens is 182 g/mol. The molecule has 2 unspecified atom stereocenters. The standard InChI is InChI=1S/C10H21NO3/c1-10(12,8-11)4-6-13-7-9-3-2-5-14-9/h9,12H,2-8,11H2,1H3. The number of hydrogen-bond acceptors (Lipinski definition) is 4. The first-order chi connectivity index (χ1) is 6.64. The van der Waals surface area contributed by atoms with E-state index in [2.05, 4.69) is 0 Å². The first-order valence-electron chi connectivity index (χ1n) is 5.26. The van der Waals surface area contributed by atoms with Crippen LogP contribution < -0.4 is 5.73 Å². The van der Waals surface area contributed by atoms with Gasteiger partial charge < -0.3 is 20.3 Å². The number of aliphatic hydroxyl groups is 1. The second-order valence-electron chi connectivity index (χ2n) is 4.16. The fourth-order valence-electron chi connectivity index (χ4n) is 1.38. The first kappa shape index (κ1) is 11.9. The van der Waals surface area contributed by atoms with Gasteiger partial charge in [0.15, 0.2) is 0 Å². The SMILES string of the molecule is CC(O)(CN)CCOCC1CCCO1. The van der Waals surface area contributed by atoms with Gasteiger partial charge in [-0.2, -0.15) is 0 Å². The number of ether oxygens (including phenoxy) is 2. The highest BCUT2D eigenvalue weighted by Crippen LogP contribution is 2.13. The fraction of sp³-hybridized carbons (Fsp3) is 1.00. The Bertz CT molecular complexity index is 155. The van der Waals surface area contributed by atoms with E-state index in [0.29, 0.717) is 19.6 Å². The van der Waals surface area contributed by atoms with Gasteiger partial charge in [0.05, 0.1) is 18.3 Å². The number of nitrogens with two attached hydrogens (primary N) is 1. The molecule has 1 saturated heterocycles. The Labute approximate surface area is 85.4 Å². The van der Waals surface area contributed by atoms with Crippen molar-refractivity contribution in [1.29, 1.82) is 0 Å². The molecule has 1 heterocycles. The van der Waals surface area contributed by atoms with Crippen molar-refractivity contribution in [2.75, 3.05) is 26.4 Å². The summed E-state index contributed by atoms with van der Waals surface area (Å²) in [6.45, 7) is 4.04. The number of hydrogen-bond donors (Lipinski definition) is 2. The molecule has 4 heteroatoms. The lowest BCUT2D eigenvalue weighted by Gasteiger charge is -2.21. The maximum Gasteiger partial charge on any atom is 0.0809 e. The van der Waals surface area contributed by atoms with Crippen molar-refractivity contribution in [3.8, 4) is 0 Å². The summed E-state index contributed by atoms with van der Waals surface area (Å²) < 4.78 is 10.8. The minimum Gasteiger partial charge on any atom is -0.389 e. The van der Waals surface area contributed by atoms with E-state index in [1.165, 1.54) is 0 Å². The summed E-state index contributed by atoms with van der Waals surface area (Å²) in [4.78, 5) is 0. The maximum absolute atomic E-state index is 9.58. The highest BCUT2D eigenvalue weighted by atomic mass is 16.5. The highest BCUT2D eigenvalue weighted by Gasteiger charge is 2.19. The summed E-state index contributed by atoms with van der Waals surface area (Å²) in [6, 6.07) is 0. The predicted molar refractivity (Wildman–Crippen MR) is 54.1 cm³/mol. The molecule has 0 radical (unpaired) electrons. The van der Waals surface area contributed by atoms with Crippen LogP contribution in [0.2, 0.25) is 0 Å². The Morgan fingerprint density at radius 2 is 2.43 bits per heavy atom. The molecular formula is C10H21NO3. The summed E-state index contributed by atoms with van der Waals surface area (Å²) in [6.07, 6.45) is 3.07. The van der Waals surface area contributed by atoms with Crippen molar-refractivity contribution in [3.63, 3.8) is 0 Å². The third kappa shape index (κ3) is 4.37. The molecule has 1 rings (SSSR count). The molecule has 0 spiro atoms. The topological polar surface area (TPSA) is 64.7 Å². The van der Waals surface area contributed by atoms with Crippen LogP contribution in [-0.2, 0) is 9.47 Å². The monoisotopic (exact) mass is 203 g/mol. The minimum atomic E-state index is -0.795. The van der Waals surface area contributed by atoms with Crippen LogP contribution in [-0.4, -0.2) is 43.2 Å². The van der Waals surface area contributed by atoms with Crippen LogP contribution in [0.5, 0.6) is 0 Å². The van der Waals surface area contributed by atoms with Crippen molar-refractivity contribution in [2.45, 2.75) is 37.9 Å². The highest BCUT2D eigenvalue weighted by molar-refractivity contribution is 4.72. The van der Waals surface area contributed by atoms with E-state index < -0.39 is 5.60 Å². The molecule has 0 aromatic rings. The molecule has 0 aliphatic carbocycles. The Hall–Kier alpha value is -0.160. The Morgan fingerprint density at radius 3 is 3.00 bits per heavy atom. The van der Waals surface area contributed by atoms with E-state index in [1.807, 2.05) is 0 Å². The van der Waals surface area contributed by atoms with Gasteiger partial charge >= 0.3 is 0 Å². The normalized spacial score (nSPS) is 26.4. The molecule has 14 heavy (non-hydrogen) atoms. The van der Waals surface area contributed by atoms with Gasteiger partial charge in [-0.25, -0.2) is 0 Å². The van der Waals surface area contributed by atoms with Crippen molar-refractivity contribution in [3.05, 3.63) is 0 Å². The largest absolute Gasteiger partial charge is 0.389 e. The van der Waals surface area contributed by atoms with E-state index in [0.717, 1.165) is 19.4 Å². The van der Waals surface area contributed by atoms with Crippen LogP contribution in [0.15, 0.2) is 0 Å². The molecule has 4 nitrogen and oxygen atoms in total. The van der Waals surface area contributed by atoms with Gasteiger partial charge in [0.25, 0.3) is 0 Å². The molecule has 0 aromatic carbocycles. The van der Waals surface area contributed by atoms with Gasteiger partial charge in [0.2, 0.25) is 0 Å². The van der Waals surface area contributed by atoms with Gasteiger partial charge in [-0.05, 0) is 19.8 Å². The minimum absolute atomic E-state index is 0.262. The molecule has 1 aliphatic heterocycles.